The van der Waals surface area contributed by atoms with Gasteiger partial charge in [-0.05, 0) is 30.5 Å². The summed E-state index contributed by atoms with van der Waals surface area (Å²) in [5, 5.41) is 13.9. The summed E-state index contributed by atoms with van der Waals surface area (Å²) >= 11 is 0. The van der Waals surface area contributed by atoms with Crippen molar-refractivity contribution in [1.29, 1.82) is 0 Å². The van der Waals surface area contributed by atoms with Crippen LogP contribution >= 0.6 is 0 Å². The van der Waals surface area contributed by atoms with Crippen molar-refractivity contribution < 1.29 is 18.1 Å². The Bertz CT molecular complexity index is 975. The maximum absolute atomic E-state index is 12.9. The average Bonchev–Trinajstić information content (AvgIpc) is 2.65. The highest BCUT2D eigenvalue weighted by molar-refractivity contribution is 7.92. The third-order valence-corrected chi connectivity index (χ3v) is 5.46. The molecule has 0 fully saturated rings. The fourth-order valence-electron chi connectivity index (χ4n) is 2.97. The molecule has 0 radical (unpaired) electrons. The highest BCUT2D eigenvalue weighted by Crippen LogP contribution is 2.27. The van der Waals surface area contributed by atoms with Gasteiger partial charge in [0.15, 0.2) is 0 Å². The molecule has 1 amide bonds. The molecular weight excluding hydrogens is 382 g/mol. The largest absolute Gasteiger partial charge is 0.324 e. The van der Waals surface area contributed by atoms with E-state index >= 15 is 0 Å². The van der Waals surface area contributed by atoms with E-state index in [9.17, 15) is 23.3 Å². The molecule has 1 atom stereocenters. The smallest absolute Gasteiger partial charge is 0.271 e. The number of benzene rings is 2. The molecule has 0 aliphatic rings. The van der Waals surface area contributed by atoms with E-state index in [0.29, 0.717) is 12.1 Å². The van der Waals surface area contributed by atoms with Gasteiger partial charge >= 0.3 is 0 Å². The zero-order chi connectivity index (χ0) is 20.9. The molecule has 28 heavy (non-hydrogen) atoms. The first-order valence-corrected chi connectivity index (χ1v) is 10.7. The number of nitrogens with zero attached hydrogens (tertiary/aromatic N) is 2. The van der Waals surface area contributed by atoms with Gasteiger partial charge in [0.25, 0.3) is 5.69 Å². The maximum Gasteiger partial charge on any atom is 0.271 e. The summed E-state index contributed by atoms with van der Waals surface area (Å²) in [6.07, 6.45) is 1.87. The summed E-state index contributed by atoms with van der Waals surface area (Å²) in [6.45, 7) is 3.64. The number of hydrogen-bond acceptors (Lipinski definition) is 5. The van der Waals surface area contributed by atoms with Crippen LogP contribution in [-0.4, -0.2) is 31.5 Å². The van der Waals surface area contributed by atoms with Crippen molar-refractivity contribution in [1.82, 2.24) is 0 Å². The number of carbonyl (C=O) groups is 1. The van der Waals surface area contributed by atoms with E-state index in [1.54, 1.807) is 19.1 Å². The number of amides is 1. The second-order valence-corrected chi connectivity index (χ2v) is 8.12. The number of para-hydroxylation sites is 1. The van der Waals surface area contributed by atoms with Gasteiger partial charge in [-0.15, -0.1) is 0 Å². The Kier molecular flexibility index (Phi) is 6.74. The lowest BCUT2D eigenvalue weighted by atomic mass is 10.1. The van der Waals surface area contributed by atoms with Crippen molar-refractivity contribution in [3.05, 3.63) is 64.2 Å². The minimum absolute atomic E-state index is 0.0717. The topological polar surface area (TPSA) is 110 Å². The Morgan fingerprint density at radius 2 is 1.86 bits per heavy atom. The first-order chi connectivity index (χ1) is 13.2. The number of rotatable bonds is 8. The van der Waals surface area contributed by atoms with E-state index < -0.39 is 26.9 Å². The molecule has 2 aromatic rings. The van der Waals surface area contributed by atoms with Crippen LogP contribution in [0.1, 0.15) is 25.8 Å². The fourth-order valence-corrected chi connectivity index (χ4v) is 4.17. The zero-order valence-corrected chi connectivity index (χ0v) is 16.8. The van der Waals surface area contributed by atoms with Crippen LogP contribution in [0.5, 0.6) is 0 Å². The SMILES string of the molecule is CCc1ccccc1NC(=O)[C@H](CC)N(c1cccc([N+](=O)[O-])c1)S(C)(=O)=O. The van der Waals surface area contributed by atoms with Crippen LogP contribution in [0, 0.1) is 10.1 Å². The van der Waals surface area contributed by atoms with E-state index in [1.165, 1.54) is 18.2 Å². The standard InChI is InChI=1S/C19H23N3O5S/c1-4-14-9-6-7-12-17(14)20-19(23)18(5-2)21(28(3,26)27)15-10-8-11-16(13-15)22(24)25/h6-13,18H,4-5H2,1-3H3,(H,20,23)/t18-/m0/s1. The van der Waals surface area contributed by atoms with Gasteiger partial charge in [0.2, 0.25) is 15.9 Å². The molecule has 8 nitrogen and oxygen atoms in total. The third kappa shape index (κ3) is 4.86. The third-order valence-electron chi connectivity index (χ3n) is 4.28. The quantitative estimate of drug-likeness (QED) is 0.535. The highest BCUT2D eigenvalue weighted by Gasteiger charge is 2.32. The molecule has 0 aliphatic carbocycles. The fraction of sp³-hybridized carbons (Fsp3) is 0.316. The van der Waals surface area contributed by atoms with Crippen molar-refractivity contribution in [2.24, 2.45) is 0 Å². The van der Waals surface area contributed by atoms with Crippen molar-refractivity contribution in [2.45, 2.75) is 32.7 Å². The molecule has 0 saturated carbocycles. The van der Waals surface area contributed by atoms with Gasteiger partial charge in [0, 0.05) is 17.8 Å². The summed E-state index contributed by atoms with van der Waals surface area (Å²) in [5.41, 5.74) is 1.35. The second kappa shape index (κ2) is 8.83. The van der Waals surface area contributed by atoms with Crippen LogP contribution in [-0.2, 0) is 21.2 Å². The second-order valence-electron chi connectivity index (χ2n) is 6.26. The van der Waals surface area contributed by atoms with Gasteiger partial charge in [-0.2, -0.15) is 0 Å². The van der Waals surface area contributed by atoms with Gasteiger partial charge in [-0.25, -0.2) is 8.42 Å². The molecule has 0 heterocycles. The zero-order valence-electron chi connectivity index (χ0n) is 16.0. The molecule has 0 aliphatic heterocycles. The van der Waals surface area contributed by atoms with Gasteiger partial charge in [-0.3, -0.25) is 19.2 Å². The van der Waals surface area contributed by atoms with Gasteiger partial charge in [0.1, 0.15) is 6.04 Å². The number of anilines is 2. The maximum atomic E-state index is 12.9. The number of sulfonamides is 1. The van der Waals surface area contributed by atoms with Crippen LogP contribution in [0.2, 0.25) is 0 Å². The van der Waals surface area contributed by atoms with Gasteiger partial charge < -0.3 is 5.32 Å². The van der Waals surface area contributed by atoms with Crippen molar-refractivity contribution in [2.75, 3.05) is 15.9 Å². The molecule has 150 valence electrons. The summed E-state index contributed by atoms with van der Waals surface area (Å²) in [4.78, 5) is 23.4. The van der Waals surface area contributed by atoms with E-state index in [-0.39, 0.29) is 17.8 Å². The Labute approximate surface area is 164 Å². The van der Waals surface area contributed by atoms with Crippen LogP contribution in [0.25, 0.3) is 0 Å². The summed E-state index contributed by atoms with van der Waals surface area (Å²) in [5.74, 6) is -0.500. The minimum Gasteiger partial charge on any atom is -0.324 e. The van der Waals surface area contributed by atoms with Crippen LogP contribution in [0.3, 0.4) is 0 Å². The number of nitro benzene ring substituents is 1. The first-order valence-electron chi connectivity index (χ1n) is 8.81. The molecule has 2 aromatic carbocycles. The number of carbonyl (C=O) groups excluding carboxylic acids is 1. The Hall–Kier alpha value is -2.94. The number of hydrogen-bond donors (Lipinski definition) is 1. The lowest BCUT2D eigenvalue weighted by Gasteiger charge is -2.30. The summed E-state index contributed by atoms with van der Waals surface area (Å²) in [6, 6.07) is 11.5. The molecular formula is C19H23N3O5S. The molecule has 0 spiro atoms. The van der Waals surface area contributed by atoms with Crippen molar-refractivity contribution >= 4 is 33.0 Å². The number of nitrogens with one attached hydrogen (secondary N) is 1. The van der Waals surface area contributed by atoms with E-state index in [1.807, 2.05) is 19.1 Å². The molecule has 9 heteroatoms. The van der Waals surface area contributed by atoms with Crippen molar-refractivity contribution in [3.8, 4) is 0 Å². The van der Waals surface area contributed by atoms with E-state index in [0.717, 1.165) is 22.2 Å². The Morgan fingerprint density at radius 3 is 2.43 bits per heavy atom. The molecule has 0 bridgehead atoms. The van der Waals surface area contributed by atoms with Crippen LogP contribution < -0.4 is 9.62 Å². The van der Waals surface area contributed by atoms with Crippen molar-refractivity contribution in [3.63, 3.8) is 0 Å². The minimum atomic E-state index is -3.87. The predicted molar refractivity (Wildman–Crippen MR) is 109 cm³/mol. The van der Waals surface area contributed by atoms with Crippen LogP contribution in [0.15, 0.2) is 48.5 Å². The average molecular weight is 405 g/mol. The summed E-state index contributed by atoms with van der Waals surface area (Å²) in [7, 11) is -3.87. The lowest BCUT2D eigenvalue weighted by molar-refractivity contribution is -0.384. The Morgan fingerprint density at radius 1 is 1.18 bits per heavy atom. The molecule has 0 saturated heterocycles. The molecule has 0 unspecified atom stereocenters. The Balaban J connectivity index is 2.45. The molecule has 0 aromatic heterocycles. The molecule has 1 N–H and O–H groups in total. The number of nitro groups is 1. The van der Waals surface area contributed by atoms with Gasteiger partial charge in [0.05, 0.1) is 16.9 Å². The summed E-state index contributed by atoms with van der Waals surface area (Å²) < 4.78 is 25.9. The van der Waals surface area contributed by atoms with Gasteiger partial charge in [-0.1, -0.05) is 38.1 Å². The predicted octanol–water partition coefficient (Wildman–Crippen LogP) is 3.34. The highest BCUT2D eigenvalue weighted by atomic mass is 32.2. The number of non-ortho nitro benzene ring substituents is 1. The van der Waals surface area contributed by atoms with Crippen LogP contribution in [0.4, 0.5) is 17.1 Å². The number of aryl methyl sites for hydroxylation is 1. The first kappa shape index (κ1) is 21.4. The normalized spacial score (nSPS) is 12.2. The molecule has 2 rings (SSSR count). The lowest BCUT2D eigenvalue weighted by Crippen LogP contribution is -2.47. The van der Waals surface area contributed by atoms with E-state index in [2.05, 4.69) is 5.32 Å². The monoisotopic (exact) mass is 405 g/mol. The van der Waals surface area contributed by atoms with E-state index in [4.69, 9.17) is 0 Å².